The van der Waals surface area contributed by atoms with Crippen molar-refractivity contribution in [2.45, 2.75) is 17.0 Å². The van der Waals surface area contributed by atoms with Crippen LogP contribution in [0.2, 0.25) is 0 Å². The highest BCUT2D eigenvalue weighted by atomic mass is 32.2. The molecule has 0 aliphatic heterocycles. The number of pyridine rings is 1. The average molecular weight is 268 g/mol. The molecule has 0 atom stereocenters. The Balaban J connectivity index is 2.08. The summed E-state index contributed by atoms with van der Waals surface area (Å²) in [5.74, 6) is 0. The summed E-state index contributed by atoms with van der Waals surface area (Å²) in [6.07, 6.45) is 1.57. The standard InChI is InChI=1S/C14H12N4S/c1-9-6-7-11(15)14(18-9)19-13-10-4-2-3-5-12(10)16-8-17-13/h2-8H,15H2,1H3. The Morgan fingerprint density at radius 2 is 1.84 bits per heavy atom. The topological polar surface area (TPSA) is 64.7 Å². The number of hydrogen-bond acceptors (Lipinski definition) is 5. The summed E-state index contributed by atoms with van der Waals surface area (Å²) < 4.78 is 0. The van der Waals surface area contributed by atoms with Crippen LogP contribution in [0, 0.1) is 6.92 Å². The highest BCUT2D eigenvalue weighted by molar-refractivity contribution is 7.99. The lowest BCUT2D eigenvalue weighted by molar-refractivity contribution is 1.05. The van der Waals surface area contributed by atoms with Crippen molar-refractivity contribution in [2.24, 2.45) is 0 Å². The van der Waals surface area contributed by atoms with Crippen LogP contribution in [0.15, 0.2) is 52.8 Å². The molecule has 94 valence electrons. The maximum Gasteiger partial charge on any atom is 0.125 e. The van der Waals surface area contributed by atoms with E-state index in [0.29, 0.717) is 5.69 Å². The van der Waals surface area contributed by atoms with E-state index in [-0.39, 0.29) is 0 Å². The van der Waals surface area contributed by atoms with Crippen molar-refractivity contribution < 1.29 is 0 Å². The van der Waals surface area contributed by atoms with Gasteiger partial charge < -0.3 is 5.73 Å². The molecule has 0 radical (unpaired) electrons. The van der Waals surface area contributed by atoms with Crippen molar-refractivity contribution in [1.82, 2.24) is 15.0 Å². The van der Waals surface area contributed by atoms with Crippen LogP contribution in [0.5, 0.6) is 0 Å². The molecule has 0 aliphatic carbocycles. The molecule has 0 aliphatic rings. The van der Waals surface area contributed by atoms with Crippen LogP contribution < -0.4 is 5.73 Å². The van der Waals surface area contributed by atoms with Crippen LogP contribution in [0.25, 0.3) is 10.9 Å². The zero-order valence-electron chi connectivity index (χ0n) is 10.4. The maximum atomic E-state index is 5.95. The Morgan fingerprint density at radius 1 is 1.00 bits per heavy atom. The second kappa shape index (κ2) is 4.85. The molecule has 1 aromatic carbocycles. The Morgan fingerprint density at radius 3 is 2.74 bits per heavy atom. The normalized spacial score (nSPS) is 10.8. The minimum atomic E-state index is 0.665. The first-order valence-corrected chi connectivity index (χ1v) is 6.66. The van der Waals surface area contributed by atoms with Crippen molar-refractivity contribution in [3.63, 3.8) is 0 Å². The first kappa shape index (κ1) is 11.9. The Bertz CT molecular complexity index is 737. The van der Waals surface area contributed by atoms with Crippen LogP contribution in [0.3, 0.4) is 0 Å². The van der Waals surface area contributed by atoms with Gasteiger partial charge in [-0.3, -0.25) is 0 Å². The largest absolute Gasteiger partial charge is 0.397 e. The molecule has 3 aromatic rings. The molecule has 19 heavy (non-hydrogen) atoms. The van der Waals surface area contributed by atoms with Gasteiger partial charge in [-0.05, 0) is 36.9 Å². The Kier molecular flexibility index (Phi) is 3.05. The highest BCUT2D eigenvalue weighted by Crippen LogP contribution is 2.32. The predicted octanol–water partition coefficient (Wildman–Crippen LogP) is 3.07. The average Bonchev–Trinajstić information content (AvgIpc) is 2.43. The van der Waals surface area contributed by atoms with Gasteiger partial charge in [0.2, 0.25) is 0 Å². The summed E-state index contributed by atoms with van der Waals surface area (Å²) in [6.45, 7) is 1.95. The first-order chi connectivity index (χ1) is 9.24. The second-order valence-corrected chi connectivity index (χ2v) is 5.12. The lowest BCUT2D eigenvalue weighted by Gasteiger charge is -2.06. The quantitative estimate of drug-likeness (QED) is 0.724. The van der Waals surface area contributed by atoms with Gasteiger partial charge in [-0.25, -0.2) is 15.0 Å². The number of anilines is 1. The molecular formula is C14H12N4S. The van der Waals surface area contributed by atoms with Crippen molar-refractivity contribution in [1.29, 1.82) is 0 Å². The summed E-state index contributed by atoms with van der Waals surface area (Å²) in [5.41, 5.74) is 8.48. The van der Waals surface area contributed by atoms with E-state index in [4.69, 9.17) is 5.73 Å². The second-order valence-electron chi connectivity index (χ2n) is 4.15. The third-order valence-corrected chi connectivity index (χ3v) is 3.77. The van der Waals surface area contributed by atoms with Gasteiger partial charge in [0.05, 0.1) is 11.2 Å². The highest BCUT2D eigenvalue weighted by Gasteiger charge is 2.09. The molecule has 0 saturated carbocycles. The number of para-hydroxylation sites is 1. The van der Waals surface area contributed by atoms with Crippen LogP contribution >= 0.6 is 11.8 Å². The molecule has 4 nitrogen and oxygen atoms in total. The molecule has 0 fully saturated rings. The van der Waals surface area contributed by atoms with Gasteiger partial charge in [0.25, 0.3) is 0 Å². The molecule has 2 heterocycles. The summed E-state index contributed by atoms with van der Waals surface area (Å²) in [6, 6.07) is 11.7. The molecule has 0 bridgehead atoms. The molecule has 3 rings (SSSR count). The van der Waals surface area contributed by atoms with Crippen molar-refractivity contribution in [3.8, 4) is 0 Å². The lowest BCUT2D eigenvalue weighted by Crippen LogP contribution is -1.94. The van der Waals surface area contributed by atoms with Gasteiger partial charge in [0.1, 0.15) is 16.4 Å². The number of fused-ring (bicyclic) bond motifs is 1. The van der Waals surface area contributed by atoms with Gasteiger partial charge in [-0.15, -0.1) is 0 Å². The summed E-state index contributed by atoms with van der Waals surface area (Å²) in [5, 5.41) is 2.66. The lowest BCUT2D eigenvalue weighted by atomic mass is 10.2. The molecule has 5 heteroatoms. The first-order valence-electron chi connectivity index (χ1n) is 5.85. The van der Waals surface area contributed by atoms with Gasteiger partial charge in [-0.1, -0.05) is 18.2 Å². The van der Waals surface area contributed by atoms with E-state index < -0.39 is 0 Å². The SMILES string of the molecule is Cc1ccc(N)c(Sc2ncnc3ccccc23)n1. The van der Waals surface area contributed by atoms with Crippen LogP contribution in [0.4, 0.5) is 5.69 Å². The van der Waals surface area contributed by atoms with Gasteiger partial charge >= 0.3 is 0 Å². The fourth-order valence-electron chi connectivity index (χ4n) is 1.78. The zero-order chi connectivity index (χ0) is 13.2. The van der Waals surface area contributed by atoms with Crippen LogP contribution in [-0.4, -0.2) is 15.0 Å². The Labute approximate surface area is 115 Å². The number of nitrogens with two attached hydrogens (primary N) is 1. The molecule has 2 N–H and O–H groups in total. The van der Waals surface area contributed by atoms with Gasteiger partial charge in [0.15, 0.2) is 0 Å². The van der Waals surface area contributed by atoms with Crippen molar-refractivity contribution >= 4 is 28.4 Å². The summed E-state index contributed by atoms with van der Waals surface area (Å²) in [7, 11) is 0. The number of aromatic nitrogens is 3. The van der Waals surface area contributed by atoms with Gasteiger partial charge in [-0.2, -0.15) is 0 Å². The number of hydrogen-bond donors (Lipinski definition) is 1. The predicted molar refractivity (Wildman–Crippen MR) is 77.0 cm³/mol. The van der Waals surface area contributed by atoms with E-state index in [1.54, 1.807) is 6.33 Å². The van der Waals surface area contributed by atoms with E-state index in [2.05, 4.69) is 15.0 Å². The maximum absolute atomic E-state index is 5.95. The summed E-state index contributed by atoms with van der Waals surface area (Å²) in [4.78, 5) is 13.0. The molecule has 0 saturated heterocycles. The summed E-state index contributed by atoms with van der Waals surface area (Å²) >= 11 is 1.47. The number of rotatable bonds is 2. The van der Waals surface area contributed by atoms with Gasteiger partial charge in [0, 0.05) is 11.1 Å². The van der Waals surface area contributed by atoms with Crippen LogP contribution in [0.1, 0.15) is 5.69 Å². The van der Waals surface area contributed by atoms with E-state index in [0.717, 1.165) is 26.6 Å². The third-order valence-electron chi connectivity index (χ3n) is 2.73. The third kappa shape index (κ3) is 2.37. The van der Waals surface area contributed by atoms with Crippen LogP contribution in [-0.2, 0) is 0 Å². The van der Waals surface area contributed by atoms with E-state index in [9.17, 15) is 0 Å². The minimum Gasteiger partial charge on any atom is -0.397 e. The molecule has 0 amide bonds. The molecule has 0 unspecified atom stereocenters. The minimum absolute atomic E-state index is 0.665. The fourth-order valence-corrected chi connectivity index (χ4v) is 2.72. The number of aryl methyl sites for hydroxylation is 1. The monoisotopic (exact) mass is 268 g/mol. The molecular weight excluding hydrogens is 256 g/mol. The van der Waals surface area contributed by atoms with Crippen molar-refractivity contribution in [2.75, 3.05) is 5.73 Å². The number of nitrogen functional groups attached to an aromatic ring is 1. The number of nitrogens with zero attached hydrogens (tertiary/aromatic N) is 3. The van der Waals surface area contributed by atoms with E-state index in [1.807, 2.05) is 43.3 Å². The van der Waals surface area contributed by atoms with Crippen molar-refractivity contribution in [3.05, 3.63) is 48.4 Å². The number of benzene rings is 1. The van der Waals surface area contributed by atoms with E-state index >= 15 is 0 Å². The Hall–Kier alpha value is -2.14. The smallest absolute Gasteiger partial charge is 0.125 e. The fraction of sp³-hybridized carbons (Fsp3) is 0.0714. The van der Waals surface area contributed by atoms with E-state index in [1.165, 1.54) is 11.8 Å². The zero-order valence-corrected chi connectivity index (χ0v) is 11.2. The molecule has 2 aromatic heterocycles. The molecule has 0 spiro atoms.